The smallest absolute Gasteiger partial charge is 0.225 e. The molecule has 0 aromatic carbocycles. The molecular formula is C20H36N2O3. The second-order valence-corrected chi connectivity index (χ2v) is 8.00. The molecule has 1 saturated carbocycles. The van der Waals surface area contributed by atoms with E-state index < -0.39 is 5.97 Å². The van der Waals surface area contributed by atoms with Crippen LogP contribution in [0.5, 0.6) is 0 Å². The molecule has 0 bridgehead atoms. The fourth-order valence-corrected chi connectivity index (χ4v) is 4.69. The fourth-order valence-electron chi connectivity index (χ4n) is 4.69. The van der Waals surface area contributed by atoms with Crippen molar-refractivity contribution in [2.24, 2.45) is 17.8 Å². The lowest BCUT2D eigenvalue weighted by molar-refractivity contribution is -0.897. The van der Waals surface area contributed by atoms with Crippen molar-refractivity contribution in [2.75, 3.05) is 32.7 Å². The molecule has 0 radical (unpaired) electrons. The highest BCUT2D eigenvalue weighted by molar-refractivity contribution is 5.79. The van der Waals surface area contributed by atoms with Crippen LogP contribution in [0, 0.1) is 17.8 Å². The summed E-state index contributed by atoms with van der Waals surface area (Å²) in [6, 6.07) is 0. The first kappa shape index (κ1) is 20.2. The monoisotopic (exact) mass is 352 g/mol. The number of carbonyl (C=O) groups excluding carboxylic acids is 2. The van der Waals surface area contributed by atoms with E-state index in [-0.39, 0.29) is 18.3 Å². The molecule has 5 nitrogen and oxygen atoms in total. The lowest BCUT2D eigenvalue weighted by atomic mass is 9.80. The number of carboxylic acid groups (broad SMARTS) is 1. The van der Waals surface area contributed by atoms with E-state index >= 15 is 0 Å². The average Bonchev–Trinajstić information content (AvgIpc) is 2.63. The van der Waals surface area contributed by atoms with Gasteiger partial charge >= 0.3 is 0 Å². The summed E-state index contributed by atoms with van der Waals surface area (Å²) < 4.78 is 0. The van der Waals surface area contributed by atoms with Gasteiger partial charge in [0.15, 0.2) is 0 Å². The summed E-state index contributed by atoms with van der Waals surface area (Å²) in [7, 11) is 0. The number of carbonyl (C=O) groups is 2. The van der Waals surface area contributed by atoms with Gasteiger partial charge in [-0.05, 0) is 51.4 Å². The predicted molar refractivity (Wildman–Crippen MR) is 95.9 cm³/mol. The van der Waals surface area contributed by atoms with Gasteiger partial charge in [0.1, 0.15) is 0 Å². The van der Waals surface area contributed by atoms with Crippen molar-refractivity contribution in [3.05, 3.63) is 0 Å². The number of aliphatic carboxylic acids is 1. The molecule has 1 heterocycles. The highest BCUT2D eigenvalue weighted by Gasteiger charge is 2.34. The SMILES string of the molecule is CC[NH+](CC)CC[C@H]1CN(C(=O)C2CCCCC2)CC[C@H]1CC(=O)[O-]. The topological polar surface area (TPSA) is 64.9 Å². The minimum atomic E-state index is -0.947. The number of amides is 1. The van der Waals surface area contributed by atoms with Gasteiger partial charge in [-0.15, -0.1) is 0 Å². The van der Waals surface area contributed by atoms with Gasteiger partial charge < -0.3 is 19.7 Å². The van der Waals surface area contributed by atoms with E-state index in [9.17, 15) is 14.7 Å². The van der Waals surface area contributed by atoms with E-state index in [4.69, 9.17) is 0 Å². The third-order valence-corrected chi connectivity index (χ3v) is 6.45. The molecule has 2 aliphatic rings. The first-order chi connectivity index (χ1) is 12.0. The molecule has 0 unspecified atom stereocenters. The third-order valence-electron chi connectivity index (χ3n) is 6.45. The molecule has 0 aromatic rings. The Balaban J connectivity index is 1.96. The summed E-state index contributed by atoms with van der Waals surface area (Å²) in [6.07, 6.45) is 7.63. The number of quaternary nitrogens is 1. The Hall–Kier alpha value is -1.10. The number of likely N-dealkylation sites (tertiary alicyclic amines) is 1. The van der Waals surface area contributed by atoms with Crippen molar-refractivity contribution in [3.8, 4) is 0 Å². The lowest BCUT2D eigenvalue weighted by Crippen LogP contribution is -3.11. The number of rotatable bonds is 8. The number of piperidine rings is 1. The van der Waals surface area contributed by atoms with E-state index in [1.54, 1.807) is 4.90 Å². The highest BCUT2D eigenvalue weighted by Crippen LogP contribution is 2.32. The van der Waals surface area contributed by atoms with Crippen molar-refractivity contribution < 1.29 is 19.6 Å². The number of hydrogen-bond donors (Lipinski definition) is 1. The van der Waals surface area contributed by atoms with Crippen LogP contribution in [0.3, 0.4) is 0 Å². The fraction of sp³-hybridized carbons (Fsp3) is 0.900. The lowest BCUT2D eigenvalue weighted by Gasteiger charge is -2.41. The Labute approximate surface area is 152 Å². The maximum atomic E-state index is 12.9. The molecule has 2 rings (SSSR count). The summed E-state index contributed by atoms with van der Waals surface area (Å²) in [5.41, 5.74) is 0. The molecule has 144 valence electrons. The Kier molecular flexibility index (Phi) is 8.20. The molecule has 2 fully saturated rings. The van der Waals surface area contributed by atoms with Gasteiger partial charge in [0.05, 0.1) is 19.6 Å². The van der Waals surface area contributed by atoms with Gasteiger partial charge in [-0.25, -0.2) is 0 Å². The van der Waals surface area contributed by atoms with Gasteiger partial charge in [0.2, 0.25) is 5.91 Å². The summed E-state index contributed by atoms with van der Waals surface area (Å²) in [5, 5.41) is 11.1. The van der Waals surface area contributed by atoms with Crippen LogP contribution in [0.25, 0.3) is 0 Å². The second kappa shape index (κ2) is 10.1. The van der Waals surface area contributed by atoms with Crippen LogP contribution in [0.2, 0.25) is 0 Å². The molecule has 2 atom stereocenters. The Bertz CT molecular complexity index is 431. The van der Waals surface area contributed by atoms with Gasteiger partial charge in [0.25, 0.3) is 0 Å². The maximum Gasteiger partial charge on any atom is 0.225 e. The van der Waals surface area contributed by atoms with Crippen molar-refractivity contribution >= 4 is 11.9 Å². The van der Waals surface area contributed by atoms with E-state index in [0.717, 1.165) is 58.4 Å². The molecule has 1 aliphatic carbocycles. The zero-order valence-corrected chi connectivity index (χ0v) is 16.1. The van der Waals surface area contributed by atoms with Gasteiger partial charge in [-0.1, -0.05) is 19.3 Å². The minimum Gasteiger partial charge on any atom is -0.550 e. The summed E-state index contributed by atoms with van der Waals surface area (Å²) in [5.74, 6) is 0.0483. The van der Waals surface area contributed by atoms with Crippen LogP contribution >= 0.6 is 0 Å². The van der Waals surface area contributed by atoms with E-state index in [1.807, 2.05) is 4.90 Å². The molecule has 0 aromatic heterocycles. The largest absolute Gasteiger partial charge is 0.550 e. The van der Waals surface area contributed by atoms with Crippen LogP contribution in [-0.2, 0) is 9.59 Å². The van der Waals surface area contributed by atoms with Crippen LogP contribution in [0.4, 0.5) is 0 Å². The summed E-state index contributed by atoms with van der Waals surface area (Å²) >= 11 is 0. The molecule has 1 N–H and O–H groups in total. The molecule has 1 saturated heterocycles. The normalized spacial score (nSPS) is 25.3. The minimum absolute atomic E-state index is 0.143. The number of hydrogen-bond acceptors (Lipinski definition) is 3. The molecule has 1 amide bonds. The first-order valence-corrected chi connectivity index (χ1v) is 10.4. The van der Waals surface area contributed by atoms with Gasteiger partial charge in [0, 0.05) is 31.4 Å². The molecule has 0 spiro atoms. The van der Waals surface area contributed by atoms with Crippen molar-refractivity contribution in [2.45, 2.75) is 65.2 Å². The predicted octanol–water partition coefficient (Wildman–Crippen LogP) is 0.486. The van der Waals surface area contributed by atoms with Crippen molar-refractivity contribution in [3.63, 3.8) is 0 Å². The second-order valence-electron chi connectivity index (χ2n) is 8.00. The third kappa shape index (κ3) is 5.98. The van der Waals surface area contributed by atoms with Gasteiger partial charge in [-0.2, -0.15) is 0 Å². The quantitative estimate of drug-likeness (QED) is 0.691. The molecule has 1 aliphatic heterocycles. The van der Waals surface area contributed by atoms with Crippen LogP contribution in [0.15, 0.2) is 0 Å². The van der Waals surface area contributed by atoms with Gasteiger partial charge in [-0.3, -0.25) is 4.79 Å². The van der Waals surface area contributed by atoms with E-state index in [2.05, 4.69) is 13.8 Å². The summed E-state index contributed by atoms with van der Waals surface area (Å²) in [6.45, 7) is 9.11. The molecule has 25 heavy (non-hydrogen) atoms. The zero-order valence-electron chi connectivity index (χ0n) is 16.1. The summed E-state index contributed by atoms with van der Waals surface area (Å²) in [4.78, 5) is 27.6. The highest BCUT2D eigenvalue weighted by atomic mass is 16.4. The Morgan fingerprint density at radius 2 is 1.72 bits per heavy atom. The van der Waals surface area contributed by atoms with E-state index in [0.29, 0.717) is 11.8 Å². The Morgan fingerprint density at radius 3 is 2.32 bits per heavy atom. The first-order valence-electron chi connectivity index (χ1n) is 10.4. The van der Waals surface area contributed by atoms with Crippen LogP contribution in [0.1, 0.15) is 65.2 Å². The average molecular weight is 353 g/mol. The zero-order chi connectivity index (χ0) is 18.2. The van der Waals surface area contributed by atoms with Crippen molar-refractivity contribution in [1.29, 1.82) is 0 Å². The maximum absolute atomic E-state index is 12.9. The number of carboxylic acids is 1. The molecule has 5 heteroatoms. The number of nitrogens with one attached hydrogen (secondary N) is 1. The Morgan fingerprint density at radius 1 is 1.04 bits per heavy atom. The standard InChI is InChI=1S/C20H36N2O3/c1-3-21(4-2)12-10-18-15-22(13-11-17(18)14-19(23)24)20(25)16-8-6-5-7-9-16/h16-18H,3-15H2,1-2H3,(H,23,24)/t17-,18-/m0/s1. The van der Waals surface area contributed by atoms with Crippen molar-refractivity contribution in [1.82, 2.24) is 4.90 Å². The molecular weight excluding hydrogens is 316 g/mol. The van der Waals surface area contributed by atoms with E-state index in [1.165, 1.54) is 19.3 Å². The van der Waals surface area contributed by atoms with Crippen LogP contribution in [-0.4, -0.2) is 49.5 Å². The van der Waals surface area contributed by atoms with Crippen LogP contribution < -0.4 is 10.0 Å². The number of nitrogens with zero attached hydrogens (tertiary/aromatic N) is 1.